The Balaban J connectivity index is 1.59. The number of hydrogen-bond acceptors (Lipinski definition) is 3. The highest BCUT2D eigenvalue weighted by Crippen LogP contribution is 2.19. The third kappa shape index (κ3) is 6.39. The largest absolute Gasteiger partial charge is 0.332 e. The first kappa shape index (κ1) is 23.4. The lowest BCUT2D eigenvalue weighted by atomic mass is 10.1. The first-order valence-corrected chi connectivity index (χ1v) is 11.1. The molecule has 3 aromatic rings. The van der Waals surface area contributed by atoms with Gasteiger partial charge in [-0.1, -0.05) is 54.1 Å². The molecule has 0 heterocycles. The Hall–Kier alpha value is -3.22. The van der Waals surface area contributed by atoms with Crippen molar-refractivity contribution in [3.05, 3.63) is 95.0 Å². The van der Waals surface area contributed by atoms with Gasteiger partial charge in [0.2, 0.25) is 5.91 Å². The molecule has 0 radical (unpaired) electrons. The maximum atomic E-state index is 13.0. The molecule has 0 saturated heterocycles. The van der Waals surface area contributed by atoms with Crippen LogP contribution >= 0.6 is 23.8 Å². The van der Waals surface area contributed by atoms with Gasteiger partial charge in [0, 0.05) is 34.9 Å². The minimum absolute atomic E-state index is 0.114. The third-order valence-corrected chi connectivity index (χ3v) is 5.40. The molecule has 0 aliphatic heterocycles. The Morgan fingerprint density at radius 2 is 1.69 bits per heavy atom. The molecule has 32 heavy (non-hydrogen) atoms. The number of thiocarbonyl (C=S) groups is 1. The molecular weight excluding hydrogens is 442 g/mol. The van der Waals surface area contributed by atoms with Gasteiger partial charge in [0.1, 0.15) is 0 Å². The number of hydrogen-bond donors (Lipinski definition) is 2. The van der Waals surface area contributed by atoms with Crippen LogP contribution in [0.4, 0.5) is 11.4 Å². The minimum atomic E-state index is -0.212. The zero-order valence-electron chi connectivity index (χ0n) is 17.7. The monoisotopic (exact) mass is 465 g/mol. The van der Waals surface area contributed by atoms with Gasteiger partial charge in [-0.3, -0.25) is 9.59 Å². The molecule has 0 aliphatic rings. The van der Waals surface area contributed by atoms with Crippen LogP contribution in [0.15, 0.2) is 78.9 Å². The van der Waals surface area contributed by atoms with Gasteiger partial charge in [-0.05, 0) is 67.5 Å². The number of carbonyl (C=O) groups excluding carboxylic acids is 2. The lowest BCUT2D eigenvalue weighted by Crippen LogP contribution is -2.34. The normalized spacial score (nSPS) is 10.3. The number of amides is 2. The van der Waals surface area contributed by atoms with Crippen molar-refractivity contribution in [3.8, 4) is 0 Å². The van der Waals surface area contributed by atoms with Crippen molar-refractivity contribution < 1.29 is 9.59 Å². The van der Waals surface area contributed by atoms with E-state index >= 15 is 0 Å². The summed E-state index contributed by atoms with van der Waals surface area (Å²) in [7, 11) is 0. The van der Waals surface area contributed by atoms with Crippen LogP contribution in [0.3, 0.4) is 0 Å². The molecule has 0 aliphatic carbocycles. The molecule has 0 unspecified atom stereocenters. The lowest BCUT2D eigenvalue weighted by Gasteiger charge is -2.21. The molecule has 0 spiro atoms. The zero-order valence-corrected chi connectivity index (χ0v) is 19.2. The van der Waals surface area contributed by atoms with E-state index in [4.69, 9.17) is 23.8 Å². The molecule has 0 aromatic heterocycles. The number of aryl methyl sites for hydroxylation is 1. The molecular formula is C25H24ClN3O2S. The Kier molecular flexibility index (Phi) is 8.36. The highest BCUT2D eigenvalue weighted by atomic mass is 35.5. The summed E-state index contributed by atoms with van der Waals surface area (Å²) in [5, 5.41) is 6.46. The molecule has 0 atom stereocenters. The molecule has 7 heteroatoms. The van der Waals surface area contributed by atoms with Crippen molar-refractivity contribution in [2.75, 3.05) is 16.8 Å². The highest BCUT2D eigenvalue weighted by Gasteiger charge is 2.16. The Labute approximate surface area is 198 Å². The topological polar surface area (TPSA) is 61.4 Å². The third-order valence-electron chi connectivity index (χ3n) is 4.83. The second-order valence-electron chi connectivity index (χ2n) is 7.06. The first-order valence-electron chi connectivity index (χ1n) is 10.3. The van der Waals surface area contributed by atoms with E-state index < -0.39 is 0 Å². The predicted octanol–water partition coefficient (Wildman–Crippen LogP) is 5.45. The summed E-state index contributed by atoms with van der Waals surface area (Å²) < 4.78 is 0. The van der Waals surface area contributed by atoms with Crippen LogP contribution in [0.2, 0.25) is 5.02 Å². The molecule has 5 nitrogen and oxygen atoms in total. The average Bonchev–Trinajstić information content (AvgIpc) is 2.80. The summed E-state index contributed by atoms with van der Waals surface area (Å²) in [5.74, 6) is -0.326. The number of carbonyl (C=O) groups is 2. The van der Waals surface area contributed by atoms with Crippen LogP contribution in [0.25, 0.3) is 0 Å². The molecule has 2 amide bonds. The summed E-state index contributed by atoms with van der Waals surface area (Å²) in [6.45, 7) is 2.47. The standard InChI is InChI=1S/C25H24ClN3O2S/c1-2-29(21-12-4-3-5-13-21)24(31)19-10-8-11-20(17-19)27-25(32)28-23(30)16-15-18-9-6-7-14-22(18)26/h3-14,17H,2,15-16H2,1H3,(H2,27,28,30,32). The molecule has 3 aromatic carbocycles. The number of anilines is 2. The quantitative estimate of drug-likeness (QED) is 0.455. The van der Waals surface area contributed by atoms with E-state index in [1.54, 1.807) is 35.2 Å². The molecule has 0 saturated carbocycles. The van der Waals surface area contributed by atoms with Gasteiger partial charge in [-0.25, -0.2) is 0 Å². The Morgan fingerprint density at radius 3 is 2.41 bits per heavy atom. The van der Waals surface area contributed by atoms with Gasteiger partial charge in [0.25, 0.3) is 5.91 Å². The number of nitrogens with zero attached hydrogens (tertiary/aromatic N) is 1. The number of nitrogens with one attached hydrogen (secondary N) is 2. The molecule has 164 valence electrons. The fraction of sp³-hybridized carbons (Fsp3) is 0.160. The number of rotatable bonds is 7. The van der Waals surface area contributed by atoms with E-state index in [0.29, 0.717) is 29.2 Å². The van der Waals surface area contributed by atoms with Gasteiger partial charge < -0.3 is 15.5 Å². The fourth-order valence-electron chi connectivity index (χ4n) is 3.24. The van der Waals surface area contributed by atoms with Crippen molar-refractivity contribution >= 4 is 52.1 Å². The highest BCUT2D eigenvalue weighted by molar-refractivity contribution is 7.80. The second kappa shape index (κ2) is 11.4. The molecule has 0 bridgehead atoms. The van der Waals surface area contributed by atoms with E-state index in [9.17, 15) is 9.59 Å². The van der Waals surface area contributed by atoms with Crippen LogP contribution in [0, 0.1) is 0 Å². The maximum Gasteiger partial charge on any atom is 0.258 e. The second-order valence-corrected chi connectivity index (χ2v) is 7.87. The SMILES string of the molecule is CCN(C(=O)c1cccc(NC(=S)NC(=O)CCc2ccccc2Cl)c1)c1ccccc1. The summed E-state index contributed by atoms with van der Waals surface area (Å²) >= 11 is 11.4. The molecule has 2 N–H and O–H groups in total. The van der Waals surface area contributed by atoms with Crippen LogP contribution in [-0.4, -0.2) is 23.5 Å². The van der Waals surface area contributed by atoms with E-state index in [2.05, 4.69) is 10.6 Å². The lowest BCUT2D eigenvalue weighted by molar-refractivity contribution is -0.119. The number of halogens is 1. The van der Waals surface area contributed by atoms with E-state index in [0.717, 1.165) is 11.3 Å². The smallest absolute Gasteiger partial charge is 0.258 e. The van der Waals surface area contributed by atoms with E-state index in [1.165, 1.54) is 0 Å². The summed E-state index contributed by atoms with van der Waals surface area (Å²) in [6.07, 6.45) is 0.775. The molecule has 3 rings (SSSR count). The molecule has 0 fully saturated rings. The fourth-order valence-corrected chi connectivity index (χ4v) is 3.70. The maximum absolute atomic E-state index is 13.0. The van der Waals surface area contributed by atoms with Crippen molar-refractivity contribution in [1.29, 1.82) is 0 Å². The van der Waals surface area contributed by atoms with Crippen molar-refractivity contribution in [2.45, 2.75) is 19.8 Å². The van der Waals surface area contributed by atoms with E-state index in [-0.39, 0.29) is 23.3 Å². The van der Waals surface area contributed by atoms with Crippen molar-refractivity contribution in [3.63, 3.8) is 0 Å². The van der Waals surface area contributed by atoms with Gasteiger partial charge >= 0.3 is 0 Å². The van der Waals surface area contributed by atoms with Crippen LogP contribution in [0.5, 0.6) is 0 Å². The van der Waals surface area contributed by atoms with Gasteiger partial charge in [0.05, 0.1) is 0 Å². The van der Waals surface area contributed by atoms with Crippen LogP contribution in [-0.2, 0) is 11.2 Å². The number of para-hydroxylation sites is 1. The van der Waals surface area contributed by atoms with Crippen molar-refractivity contribution in [1.82, 2.24) is 5.32 Å². The summed E-state index contributed by atoms with van der Waals surface area (Å²) in [4.78, 5) is 27.0. The Bertz CT molecular complexity index is 1110. The van der Waals surface area contributed by atoms with Crippen LogP contribution in [0.1, 0.15) is 29.3 Å². The Morgan fingerprint density at radius 1 is 0.969 bits per heavy atom. The minimum Gasteiger partial charge on any atom is -0.332 e. The average molecular weight is 466 g/mol. The van der Waals surface area contributed by atoms with E-state index in [1.807, 2.05) is 55.5 Å². The van der Waals surface area contributed by atoms with Crippen LogP contribution < -0.4 is 15.5 Å². The van der Waals surface area contributed by atoms with Crippen molar-refractivity contribution in [2.24, 2.45) is 0 Å². The van der Waals surface area contributed by atoms with Gasteiger partial charge in [0.15, 0.2) is 5.11 Å². The summed E-state index contributed by atoms with van der Waals surface area (Å²) in [6, 6.07) is 24.0. The predicted molar refractivity (Wildman–Crippen MR) is 134 cm³/mol. The van der Waals surface area contributed by atoms with Gasteiger partial charge in [-0.15, -0.1) is 0 Å². The first-order chi connectivity index (χ1) is 15.5. The zero-order chi connectivity index (χ0) is 22.9. The summed E-state index contributed by atoms with van der Waals surface area (Å²) in [5.41, 5.74) is 2.89. The number of benzene rings is 3. The van der Waals surface area contributed by atoms with Gasteiger partial charge in [-0.2, -0.15) is 0 Å².